The van der Waals surface area contributed by atoms with Crippen LogP contribution in [0.2, 0.25) is 0 Å². The number of hydrogen-bond donors (Lipinski definition) is 2. The Morgan fingerprint density at radius 2 is 2.00 bits per heavy atom. The van der Waals surface area contributed by atoms with E-state index in [4.69, 9.17) is 9.84 Å². The Morgan fingerprint density at radius 3 is 2.57 bits per heavy atom. The topological polar surface area (TPSA) is 75.6 Å². The molecule has 0 saturated carbocycles. The average molecular weight is 297 g/mol. The Bertz CT molecular complexity index is 518. The van der Waals surface area contributed by atoms with Crippen LogP contribution in [0.1, 0.15) is 38.3 Å². The van der Waals surface area contributed by atoms with E-state index < -0.39 is 17.8 Å². The van der Waals surface area contributed by atoms with Gasteiger partial charge in [-0.1, -0.05) is 6.92 Å². The molecule has 0 aliphatic rings. The van der Waals surface area contributed by atoms with Crippen LogP contribution in [0.4, 0.5) is 4.39 Å². The largest absolute Gasteiger partial charge is 0.496 e. The second kappa shape index (κ2) is 7.61. The molecule has 21 heavy (non-hydrogen) atoms. The number of amides is 1. The molecule has 5 nitrogen and oxygen atoms in total. The predicted octanol–water partition coefficient (Wildman–Crippen LogP) is 2.51. The Balaban J connectivity index is 2.68. The molecule has 2 atom stereocenters. The summed E-state index contributed by atoms with van der Waals surface area (Å²) in [6, 6.07) is 3.66. The molecule has 0 heterocycles. The molecule has 2 N–H and O–H groups in total. The van der Waals surface area contributed by atoms with E-state index >= 15 is 0 Å². The summed E-state index contributed by atoms with van der Waals surface area (Å²) in [5, 5.41) is 11.4. The monoisotopic (exact) mass is 297 g/mol. The van der Waals surface area contributed by atoms with Crippen molar-refractivity contribution in [2.75, 3.05) is 7.11 Å². The van der Waals surface area contributed by atoms with Gasteiger partial charge < -0.3 is 15.2 Å². The van der Waals surface area contributed by atoms with Crippen LogP contribution in [0.25, 0.3) is 0 Å². The third-order valence-corrected chi connectivity index (χ3v) is 3.09. The van der Waals surface area contributed by atoms with Crippen molar-refractivity contribution < 1.29 is 23.8 Å². The van der Waals surface area contributed by atoms with Crippen LogP contribution in [0.3, 0.4) is 0 Å². The van der Waals surface area contributed by atoms with Crippen LogP contribution < -0.4 is 10.1 Å². The molecule has 1 amide bonds. The number of methoxy groups -OCH3 is 1. The van der Waals surface area contributed by atoms with E-state index in [1.165, 1.54) is 25.3 Å². The number of nitrogens with one attached hydrogen (secondary N) is 1. The van der Waals surface area contributed by atoms with Crippen LogP contribution in [0.15, 0.2) is 18.2 Å². The molecule has 0 saturated heterocycles. The van der Waals surface area contributed by atoms with E-state index in [0.29, 0.717) is 11.3 Å². The Morgan fingerprint density at radius 1 is 1.33 bits per heavy atom. The maximum Gasteiger partial charge on any atom is 0.303 e. The minimum absolute atomic E-state index is 0.0644. The molecule has 0 aliphatic carbocycles. The molecule has 116 valence electrons. The molecule has 1 aromatic carbocycles. The normalized spacial score (nSPS) is 13.3. The van der Waals surface area contributed by atoms with Gasteiger partial charge in [0.2, 0.25) is 5.91 Å². The predicted molar refractivity (Wildman–Crippen MR) is 75.5 cm³/mol. The Labute approximate surface area is 123 Å². The first-order valence-corrected chi connectivity index (χ1v) is 6.68. The number of rotatable bonds is 7. The summed E-state index contributed by atoms with van der Waals surface area (Å²) in [6.45, 7) is 3.41. The third-order valence-electron chi connectivity index (χ3n) is 3.09. The van der Waals surface area contributed by atoms with Crippen molar-refractivity contribution in [3.05, 3.63) is 29.6 Å². The molecule has 1 rings (SSSR count). The smallest absolute Gasteiger partial charge is 0.303 e. The fraction of sp³-hybridized carbons (Fsp3) is 0.467. The third kappa shape index (κ3) is 5.41. The summed E-state index contributed by atoms with van der Waals surface area (Å²) < 4.78 is 18.4. The van der Waals surface area contributed by atoms with E-state index in [-0.39, 0.29) is 24.7 Å². The van der Waals surface area contributed by atoms with Crippen molar-refractivity contribution >= 4 is 11.9 Å². The number of hydrogen-bond acceptors (Lipinski definition) is 3. The van der Waals surface area contributed by atoms with Gasteiger partial charge >= 0.3 is 5.97 Å². The Hall–Kier alpha value is -2.11. The van der Waals surface area contributed by atoms with Crippen molar-refractivity contribution in [2.45, 2.75) is 32.7 Å². The second-order valence-electron chi connectivity index (χ2n) is 5.08. The van der Waals surface area contributed by atoms with Gasteiger partial charge in [0, 0.05) is 18.4 Å². The zero-order valence-electron chi connectivity index (χ0n) is 12.4. The zero-order valence-corrected chi connectivity index (χ0v) is 12.4. The number of aliphatic carboxylic acids is 1. The lowest BCUT2D eigenvalue weighted by Crippen LogP contribution is -2.28. The van der Waals surface area contributed by atoms with Gasteiger partial charge in [-0.2, -0.15) is 0 Å². The SMILES string of the molecule is COc1ccc(F)cc1[C@@H](C)NC(=O)C[C@@H](C)CC(=O)O. The second-order valence-corrected chi connectivity index (χ2v) is 5.08. The van der Waals surface area contributed by atoms with Crippen molar-refractivity contribution in [1.82, 2.24) is 5.32 Å². The minimum Gasteiger partial charge on any atom is -0.496 e. The van der Waals surface area contributed by atoms with E-state index in [9.17, 15) is 14.0 Å². The quantitative estimate of drug-likeness (QED) is 0.811. The fourth-order valence-corrected chi connectivity index (χ4v) is 2.11. The first kappa shape index (κ1) is 16.9. The molecular formula is C15H20FNO4. The first-order valence-electron chi connectivity index (χ1n) is 6.68. The van der Waals surface area contributed by atoms with Crippen LogP contribution in [0, 0.1) is 11.7 Å². The zero-order chi connectivity index (χ0) is 16.0. The van der Waals surface area contributed by atoms with Crippen LogP contribution in [0.5, 0.6) is 5.75 Å². The number of ether oxygens (including phenoxy) is 1. The lowest BCUT2D eigenvalue weighted by molar-refractivity contribution is -0.138. The number of carboxylic acid groups (broad SMARTS) is 1. The van der Waals surface area contributed by atoms with Crippen molar-refractivity contribution in [3.8, 4) is 5.75 Å². The summed E-state index contributed by atoms with van der Waals surface area (Å²) in [4.78, 5) is 22.4. The molecule has 0 radical (unpaired) electrons. The van der Waals surface area contributed by atoms with Gasteiger partial charge in [0.1, 0.15) is 11.6 Å². The van der Waals surface area contributed by atoms with E-state index in [2.05, 4.69) is 5.32 Å². The van der Waals surface area contributed by atoms with Gasteiger partial charge in [0.05, 0.1) is 13.2 Å². The number of benzene rings is 1. The van der Waals surface area contributed by atoms with Gasteiger partial charge in [0.25, 0.3) is 0 Å². The molecule has 0 aromatic heterocycles. The summed E-state index contributed by atoms with van der Waals surface area (Å²) in [7, 11) is 1.47. The first-order chi connectivity index (χ1) is 9.83. The molecule has 0 bridgehead atoms. The van der Waals surface area contributed by atoms with Gasteiger partial charge in [-0.3, -0.25) is 9.59 Å². The minimum atomic E-state index is -0.935. The number of halogens is 1. The highest BCUT2D eigenvalue weighted by molar-refractivity contribution is 5.77. The molecular weight excluding hydrogens is 277 g/mol. The van der Waals surface area contributed by atoms with Gasteiger partial charge in [-0.05, 0) is 31.0 Å². The lowest BCUT2D eigenvalue weighted by Gasteiger charge is -2.18. The fourth-order valence-electron chi connectivity index (χ4n) is 2.11. The molecule has 1 aromatic rings. The number of carbonyl (C=O) groups is 2. The molecule has 0 aliphatic heterocycles. The molecule has 0 fully saturated rings. The number of carbonyl (C=O) groups excluding carboxylic acids is 1. The lowest BCUT2D eigenvalue weighted by atomic mass is 10.0. The molecule has 0 spiro atoms. The average Bonchev–Trinajstić information content (AvgIpc) is 2.37. The summed E-state index contributed by atoms with van der Waals surface area (Å²) in [5.74, 6) is -1.39. The molecule has 6 heteroatoms. The highest BCUT2D eigenvalue weighted by Crippen LogP contribution is 2.26. The maximum atomic E-state index is 13.3. The van der Waals surface area contributed by atoms with Crippen molar-refractivity contribution in [1.29, 1.82) is 0 Å². The maximum absolute atomic E-state index is 13.3. The van der Waals surface area contributed by atoms with Crippen LogP contribution in [-0.4, -0.2) is 24.1 Å². The highest BCUT2D eigenvalue weighted by Gasteiger charge is 2.17. The summed E-state index contributed by atoms with van der Waals surface area (Å²) in [5.41, 5.74) is 0.539. The van der Waals surface area contributed by atoms with Crippen molar-refractivity contribution in [2.24, 2.45) is 5.92 Å². The van der Waals surface area contributed by atoms with E-state index in [1.807, 2.05) is 0 Å². The van der Waals surface area contributed by atoms with Gasteiger partial charge in [-0.25, -0.2) is 4.39 Å². The summed E-state index contributed by atoms with van der Waals surface area (Å²) in [6.07, 6.45) is 0.0410. The van der Waals surface area contributed by atoms with Gasteiger partial charge in [-0.15, -0.1) is 0 Å². The van der Waals surface area contributed by atoms with E-state index in [0.717, 1.165) is 0 Å². The Kier molecular flexibility index (Phi) is 6.14. The highest BCUT2D eigenvalue weighted by atomic mass is 19.1. The number of carboxylic acids is 1. The standard InChI is InChI=1S/C15H20FNO4/c1-9(7-15(19)20)6-14(18)17-10(2)12-8-11(16)4-5-13(12)21-3/h4-5,8-10H,6-7H2,1-3H3,(H,17,18)(H,19,20)/t9-,10-/m1/s1. The van der Waals surface area contributed by atoms with Gasteiger partial charge in [0.15, 0.2) is 0 Å². The van der Waals surface area contributed by atoms with Crippen molar-refractivity contribution in [3.63, 3.8) is 0 Å². The van der Waals surface area contributed by atoms with Crippen LogP contribution in [-0.2, 0) is 9.59 Å². The van der Waals surface area contributed by atoms with E-state index in [1.54, 1.807) is 13.8 Å². The molecule has 0 unspecified atom stereocenters. The van der Waals surface area contributed by atoms with Crippen LogP contribution >= 0.6 is 0 Å². The summed E-state index contributed by atoms with van der Waals surface area (Å²) >= 11 is 0.